The van der Waals surface area contributed by atoms with Crippen LogP contribution in [-0.4, -0.2) is 5.78 Å². The first-order valence-electron chi connectivity index (χ1n) is 7.06. The minimum atomic E-state index is -0.0983. The number of carbonyl (C=O) groups is 1. The Kier molecular flexibility index (Phi) is 5.37. The third-order valence-electron chi connectivity index (χ3n) is 3.39. The first-order chi connectivity index (χ1) is 9.74. The van der Waals surface area contributed by atoms with Crippen molar-refractivity contribution in [1.29, 1.82) is 0 Å². The van der Waals surface area contributed by atoms with Crippen molar-refractivity contribution in [2.24, 2.45) is 0 Å². The standard InChI is InChI=1S/C18H19ClO/c1-2-3-13-17(19)15-11-7-8-12-16(15)18(20)14-9-5-4-6-10-14/h4-12,17H,2-3,13H2,1H3. The van der Waals surface area contributed by atoms with Crippen molar-refractivity contribution in [3.63, 3.8) is 0 Å². The lowest BCUT2D eigenvalue weighted by Crippen LogP contribution is -2.06. The molecule has 2 heteroatoms. The maximum absolute atomic E-state index is 12.6. The number of ketones is 1. The molecule has 0 spiro atoms. The van der Waals surface area contributed by atoms with Crippen LogP contribution in [0.1, 0.15) is 53.0 Å². The molecule has 0 N–H and O–H groups in total. The summed E-state index contributed by atoms with van der Waals surface area (Å²) in [6.45, 7) is 2.14. The van der Waals surface area contributed by atoms with Gasteiger partial charge in [0, 0.05) is 11.1 Å². The Balaban J connectivity index is 2.30. The number of hydrogen-bond acceptors (Lipinski definition) is 1. The molecule has 0 saturated carbocycles. The lowest BCUT2D eigenvalue weighted by Gasteiger charge is -2.14. The van der Waals surface area contributed by atoms with Gasteiger partial charge in [0.15, 0.2) is 5.78 Å². The summed E-state index contributed by atoms with van der Waals surface area (Å²) in [6, 6.07) is 17.0. The van der Waals surface area contributed by atoms with Gasteiger partial charge in [-0.25, -0.2) is 0 Å². The highest BCUT2D eigenvalue weighted by Gasteiger charge is 2.17. The molecule has 0 amide bonds. The molecule has 2 rings (SSSR count). The fraction of sp³-hybridized carbons (Fsp3) is 0.278. The summed E-state index contributed by atoms with van der Waals surface area (Å²) in [5, 5.41) is -0.0983. The molecule has 0 aromatic heterocycles. The van der Waals surface area contributed by atoms with E-state index in [4.69, 9.17) is 11.6 Å². The van der Waals surface area contributed by atoms with E-state index in [0.717, 1.165) is 30.4 Å². The zero-order valence-corrected chi connectivity index (χ0v) is 12.4. The highest BCUT2D eigenvalue weighted by Crippen LogP contribution is 2.30. The third kappa shape index (κ3) is 3.49. The molecule has 2 aromatic carbocycles. The Morgan fingerprint density at radius 1 is 1.05 bits per heavy atom. The zero-order valence-electron chi connectivity index (χ0n) is 11.7. The van der Waals surface area contributed by atoms with Crippen LogP contribution in [0.4, 0.5) is 0 Å². The van der Waals surface area contributed by atoms with Crippen molar-refractivity contribution < 1.29 is 4.79 Å². The number of unbranched alkanes of at least 4 members (excludes halogenated alkanes) is 1. The Morgan fingerprint density at radius 2 is 1.70 bits per heavy atom. The Labute approximate surface area is 125 Å². The Bertz CT molecular complexity index is 563. The first kappa shape index (κ1) is 14.8. The fourth-order valence-corrected chi connectivity index (χ4v) is 2.61. The summed E-state index contributed by atoms with van der Waals surface area (Å²) in [4.78, 5) is 12.6. The number of hydrogen-bond donors (Lipinski definition) is 0. The predicted octanol–water partition coefficient (Wildman–Crippen LogP) is 5.39. The van der Waals surface area contributed by atoms with E-state index in [-0.39, 0.29) is 11.2 Å². The van der Waals surface area contributed by atoms with Crippen LogP contribution in [0.3, 0.4) is 0 Å². The minimum Gasteiger partial charge on any atom is -0.289 e. The van der Waals surface area contributed by atoms with Gasteiger partial charge in [-0.3, -0.25) is 4.79 Å². The molecular formula is C18H19ClO. The van der Waals surface area contributed by atoms with Crippen LogP contribution in [0.15, 0.2) is 54.6 Å². The molecule has 0 fully saturated rings. The number of carbonyl (C=O) groups excluding carboxylic acids is 1. The number of rotatable bonds is 6. The zero-order chi connectivity index (χ0) is 14.4. The van der Waals surface area contributed by atoms with Crippen LogP contribution in [0.5, 0.6) is 0 Å². The molecule has 1 unspecified atom stereocenters. The van der Waals surface area contributed by atoms with Crippen LogP contribution < -0.4 is 0 Å². The van der Waals surface area contributed by atoms with Gasteiger partial charge in [-0.15, -0.1) is 11.6 Å². The van der Waals surface area contributed by atoms with Gasteiger partial charge in [-0.2, -0.15) is 0 Å². The highest BCUT2D eigenvalue weighted by atomic mass is 35.5. The van der Waals surface area contributed by atoms with E-state index in [1.165, 1.54) is 0 Å². The molecule has 0 aliphatic heterocycles. The van der Waals surface area contributed by atoms with Crippen LogP contribution >= 0.6 is 11.6 Å². The van der Waals surface area contributed by atoms with E-state index in [1.807, 2.05) is 54.6 Å². The second-order valence-corrected chi connectivity index (χ2v) is 5.42. The van der Waals surface area contributed by atoms with Crippen LogP contribution in [0.2, 0.25) is 0 Å². The predicted molar refractivity (Wildman–Crippen MR) is 84.4 cm³/mol. The smallest absolute Gasteiger partial charge is 0.193 e. The van der Waals surface area contributed by atoms with E-state index < -0.39 is 0 Å². The Morgan fingerprint density at radius 3 is 2.40 bits per heavy atom. The molecule has 0 saturated heterocycles. The molecule has 1 atom stereocenters. The highest BCUT2D eigenvalue weighted by molar-refractivity contribution is 6.22. The molecule has 0 heterocycles. The quantitative estimate of drug-likeness (QED) is 0.514. The van der Waals surface area contributed by atoms with Crippen LogP contribution in [-0.2, 0) is 0 Å². The monoisotopic (exact) mass is 286 g/mol. The van der Waals surface area contributed by atoms with Crippen molar-refractivity contribution >= 4 is 17.4 Å². The van der Waals surface area contributed by atoms with Crippen LogP contribution in [0.25, 0.3) is 0 Å². The average molecular weight is 287 g/mol. The summed E-state index contributed by atoms with van der Waals surface area (Å²) in [5.74, 6) is 0.0448. The van der Waals surface area contributed by atoms with E-state index in [2.05, 4.69) is 6.92 Å². The van der Waals surface area contributed by atoms with Crippen LogP contribution in [0, 0.1) is 0 Å². The summed E-state index contributed by atoms with van der Waals surface area (Å²) < 4.78 is 0. The average Bonchev–Trinajstić information content (AvgIpc) is 2.52. The molecular weight excluding hydrogens is 268 g/mol. The maximum atomic E-state index is 12.6. The van der Waals surface area contributed by atoms with Gasteiger partial charge in [0.2, 0.25) is 0 Å². The second-order valence-electron chi connectivity index (χ2n) is 4.89. The fourth-order valence-electron chi connectivity index (χ4n) is 2.26. The third-order valence-corrected chi connectivity index (χ3v) is 3.84. The summed E-state index contributed by atoms with van der Waals surface area (Å²) in [7, 11) is 0. The molecule has 0 bridgehead atoms. The minimum absolute atomic E-state index is 0.0448. The molecule has 104 valence electrons. The molecule has 0 aliphatic rings. The summed E-state index contributed by atoms with van der Waals surface area (Å²) >= 11 is 6.47. The van der Waals surface area contributed by atoms with Crippen molar-refractivity contribution in [2.45, 2.75) is 31.6 Å². The topological polar surface area (TPSA) is 17.1 Å². The largest absolute Gasteiger partial charge is 0.289 e. The van der Waals surface area contributed by atoms with Crippen molar-refractivity contribution in [3.8, 4) is 0 Å². The van der Waals surface area contributed by atoms with Gasteiger partial charge in [-0.05, 0) is 12.0 Å². The number of halogens is 1. The van der Waals surface area contributed by atoms with Gasteiger partial charge >= 0.3 is 0 Å². The van der Waals surface area contributed by atoms with Gasteiger partial charge in [0.1, 0.15) is 0 Å². The SMILES string of the molecule is CCCCC(Cl)c1ccccc1C(=O)c1ccccc1. The molecule has 2 aromatic rings. The van der Waals surface area contributed by atoms with Crippen molar-refractivity contribution in [2.75, 3.05) is 0 Å². The molecule has 1 nitrogen and oxygen atoms in total. The molecule has 0 radical (unpaired) electrons. The lowest BCUT2D eigenvalue weighted by molar-refractivity contribution is 0.103. The lowest BCUT2D eigenvalue weighted by atomic mass is 9.95. The van der Waals surface area contributed by atoms with Gasteiger partial charge in [0.05, 0.1) is 5.38 Å². The maximum Gasteiger partial charge on any atom is 0.193 e. The Hall–Kier alpha value is -1.60. The van der Waals surface area contributed by atoms with Gasteiger partial charge in [-0.1, -0.05) is 74.4 Å². The normalized spacial score (nSPS) is 12.1. The second kappa shape index (κ2) is 7.25. The van der Waals surface area contributed by atoms with Gasteiger partial charge < -0.3 is 0 Å². The van der Waals surface area contributed by atoms with Crippen molar-refractivity contribution in [3.05, 3.63) is 71.3 Å². The van der Waals surface area contributed by atoms with E-state index >= 15 is 0 Å². The molecule has 20 heavy (non-hydrogen) atoms. The number of benzene rings is 2. The van der Waals surface area contributed by atoms with E-state index in [9.17, 15) is 4.79 Å². The molecule has 0 aliphatic carbocycles. The van der Waals surface area contributed by atoms with Crippen molar-refractivity contribution in [1.82, 2.24) is 0 Å². The summed E-state index contributed by atoms with van der Waals surface area (Å²) in [5.41, 5.74) is 2.37. The summed E-state index contributed by atoms with van der Waals surface area (Å²) in [6.07, 6.45) is 3.08. The van der Waals surface area contributed by atoms with Gasteiger partial charge in [0.25, 0.3) is 0 Å². The van der Waals surface area contributed by atoms with E-state index in [1.54, 1.807) is 0 Å². The number of alkyl halides is 1. The first-order valence-corrected chi connectivity index (χ1v) is 7.50. The van der Waals surface area contributed by atoms with E-state index in [0.29, 0.717) is 5.56 Å².